The third-order valence-electron chi connectivity index (χ3n) is 3.10. The molecule has 4 heteroatoms. The second-order valence-electron chi connectivity index (χ2n) is 4.31. The zero-order chi connectivity index (χ0) is 13.8. The van der Waals surface area contributed by atoms with Crippen LogP contribution in [0.15, 0.2) is 24.3 Å². The number of ether oxygens (including phenoxy) is 1. The third kappa shape index (κ3) is 2.71. The number of pyridine rings is 1. The highest BCUT2D eigenvalue weighted by molar-refractivity contribution is 5.85. The first-order valence-corrected chi connectivity index (χ1v) is 6.01. The van der Waals surface area contributed by atoms with Gasteiger partial charge in [0.25, 0.3) is 0 Å². The van der Waals surface area contributed by atoms with Crippen molar-refractivity contribution in [2.75, 3.05) is 6.61 Å². The molecule has 0 aliphatic heterocycles. The van der Waals surface area contributed by atoms with Crippen LogP contribution in [-0.4, -0.2) is 17.6 Å². The summed E-state index contributed by atoms with van der Waals surface area (Å²) in [6, 6.07) is 9.61. The van der Waals surface area contributed by atoms with E-state index in [0.29, 0.717) is 0 Å². The molecule has 0 saturated carbocycles. The molecule has 0 aliphatic rings. The second kappa shape index (κ2) is 5.49. The Morgan fingerprint density at radius 3 is 2.84 bits per heavy atom. The van der Waals surface area contributed by atoms with E-state index in [2.05, 4.69) is 4.98 Å². The fourth-order valence-electron chi connectivity index (χ4n) is 2.14. The van der Waals surface area contributed by atoms with Gasteiger partial charge in [-0.3, -0.25) is 9.78 Å². The molecule has 0 N–H and O–H groups in total. The number of carbonyl (C=O) groups is 1. The molecule has 0 bridgehead atoms. The molecule has 0 fully saturated rings. The number of aryl methyl sites for hydroxylation is 2. The van der Waals surface area contributed by atoms with Gasteiger partial charge in [0.05, 0.1) is 11.9 Å². The summed E-state index contributed by atoms with van der Waals surface area (Å²) in [5, 5.41) is 9.43. The van der Waals surface area contributed by atoms with Gasteiger partial charge in [-0.25, -0.2) is 0 Å². The van der Waals surface area contributed by atoms with E-state index in [-0.39, 0.29) is 13.0 Å². The van der Waals surface area contributed by atoms with Crippen LogP contribution in [-0.2, 0) is 16.0 Å². The average Bonchev–Trinajstić information content (AvgIpc) is 2.41. The van der Waals surface area contributed by atoms with Crippen LogP contribution in [0.25, 0.3) is 10.9 Å². The number of aromatic nitrogens is 1. The number of nitriles is 1. The molecule has 0 saturated heterocycles. The van der Waals surface area contributed by atoms with Crippen molar-refractivity contribution in [3.05, 3.63) is 41.1 Å². The number of carbonyl (C=O) groups excluding carboxylic acids is 1. The fourth-order valence-corrected chi connectivity index (χ4v) is 2.14. The standard InChI is InChI=1S/C15H14N2O2/c1-10-12-5-3-4-6-14(12)17-11(2)13(10)9-15(18)19-8-7-16/h3-6H,8-9H2,1-2H3. The van der Waals surface area contributed by atoms with Crippen molar-refractivity contribution < 1.29 is 9.53 Å². The van der Waals surface area contributed by atoms with Crippen LogP contribution in [0.4, 0.5) is 0 Å². The molecule has 96 valence electrons. The Morgan fingerprint density at radius 2 is 2.11 bits per heavy atom. The van der Waals surface area contributed by atoms with E-state index in [9.17, 15) is 4.79 Å². The smallest absolute Gasteiger partial charge is 0.311 e. The Kier molecular flexibility index (Phi) is 3.76. The van der Waals surface area contributed by atoms with Gasteiger partial charge < -0.3 is 4.74 Å². The first kappa shape index (κ1) is 13.0. The molecular weight excluding hydrogens is 240 g/mol. The Balaban J connectivity index is 2.38. The van der Waals surface area contributed by atoms with Gasteiger partial charge >= 0.3 is 5.97 Å². The van der Waals surface area contributed by atoms with E-state index < -0.39 is 5.97 Å². The average molecular weight is 254 g/mol. The Hall–Kier alpha value is -2.41. The number of hydrogen-bond acceptors (Lipinski definition) is 4. The number of hydrogen-bond donors (Lipinski definition) is 0. The molecule has 0 spiro atoms. The van der Waals surface area contributed by atoms with Crippen molar-refractivity contribution in [3.8, 4) is 6.07 Å². The molecule has 0 radical (unpaired) electrons. The minimum Gasteiger partial charge on any atom is -0.450 e. The van der Waals surface area contributed by atoms with Crippen LogP contribution in [0, 0.1) is 25.2 Å². The Morgan fingerprint density at radius 1 is 1.37 bits per heavy atom. The summed E-state index contributed by atoms with van der Waals surface area (Å²) >= 11 is 0. The minimum atomic E-state index is -0.398. The van der Waals surface area contributed by atoms with Crippen molar-refractivity contribution >= 4 is 16.9 Å². The molecule has 2 rings (SSSR count). The lowest BCUT2D eigenvalue weighted by molar-refractivity contribution is -0.141. The molecule has 0 aliphatic carbocycles. The maximum atomic E-state index is 11.6. The van der Waals surface area contributed by atoms with Crippen molar-refractivity contribution in [2.45, 2.75) is 20.3 Å². The van der Waals surface area contributed by atoms with Gasteiger partial charge in [0.1, 0.15) is 6.07 Å². The number of rotatable bonds is 3. The highest BCUT2D eigenvalue weighted by atomic mass is 16.5. The SMILES string of the molecule is Cc1nc2ccccc2c(C)c1CC(=O)OCC#N. The van der Waals surface area contributed by atoms with Gasteiger partial charge in [0.2, 0.25) is 0 Å². The number of nitrogens with zero attached hydrogens (tertiary/aromatic N) is 2. The number of fused-ring (bicyclic) bond motifs is 1. The van der Waals surface area contributed by atoms with Crippen LogP contribution >= 0.6 is 0 Å². The predicted octanol–water partition coefficient (Wildman–Crippen LogP) is 2.46. The molecule has 0 amide bonds. The molecule has 0 unspecified atom stereocenters. The van der Waals surface area contributed by atoms with Crippen molar-refractivity contribution in [1.29, 1.82) is 5.26 Å². The summed E-state index contributed by atoms with van der Waals surface area (Å²) in [4.78, 5) is 16.1. The zero-order valence-electron chi connectivity index (χ0n) is 10.9. The van der Waals surface area contributed by atoms with E-state index in [4.69, 9.17) is 10.00 Å². The monoisotopic (exact) mass is 254 g/mol. The van der Waals surface area contributed by atoms with Crippen LogP contribution in [0.3, 0.4) is 0 Å². The number of esters is 1. The maximum absolute atomic E-state index is 11.6. The molecule has 0 atom stereocenters. The van der Waals surface area contributed by atoms with E-state index in [1.807, 2.05) is 38.1 Å². The van der Waals surface area contributed by atoms with Crippen LogP contribution in [0.5, 0.6) is 0 Å². The lowest BCUT2D eigenvalue weighted by atomic mass is 10.00. The first-order chi connectivity index (χ1) is 9.13. The van der Waals surface area contributed by atoms with Gasteiger partial charge in [0.15, 0.2) is 6.61 Å². The zero-order valence-corrected chi connectivity index (χ0v) is 10.9. The van der Waals surface area contributed by atoms with Crippen molar-refractivity contribution in [2.24, 2.45) is 0 Å². The van der Waals surface area contributed by atoms with E-state index in [1.54, 1.807) is 6.07 Å². The molecule has 19 heavy (non-hydrogen) atoms. The number of para-hydroxylation sites is 1. The van der Waals surface area contributed by atoms with Gasteiger partial charge in [0, 0.05) is 11.1 Å². The largest absolute Gasteiger partial charge is 0.450 e. The van der Waals surface area contributed by atoms with Crippen LogP contribution < -0.4 is 0 Å². The molecule has 1 aromatic heterocycles. The number of benzene rings is 1. The quantitative estimate of drug-likeness (QED) is 0.789. The Bertz CT molecular complexity index is 672. The predicted molar refractivity (Wildman–Crippen MR) is 71.5 cm³/mol. The van der Waals surface area contributed by atoms with Gasteiger partial charge in [-0.2, -0.15) is 5.26 Å². The first-order valence-electron chi connectivity index (χ1n) is 6.01. The summed E-state index contributed by atoms with van der Waals surface area (Å²) < 4.78 is 4.79. The van der Waals surface area contributed by atoms with Crippen LogP contribution in [0.2, 0.25) is 0 Å². The van der Waals surface area contributed by atoms with Crippen LogP contribution in [0.1, 0.15) is 16.8 Å². The summed E-state index contributed by atoms with van der Waals surface area (Å²) in [7, 11) is 0. The topological polar surface area (TPSA) is 63.0 Å². The lowest BCUT2D eigenvalue weighted by Gasteiger charge is -2.11. The second-order valence-corrected chi connectivity index (χ2v) is 4.31. The normalized spacial score (nSPS) is 10.2. The highest BCUT2D eigenvalue weighted by Gasteiger charge is 2.13. The van der Waals surface area contributed by atoms with Gasteiger partial charge in [-0.05, 0) is 31.0 Å². The molecular formula is C15H14N2O2. The van der Waals surface area contributed by atoms with Crippen molar-refractivity contribution in [1.82, 2.24) is 4.98 Å². The van der Waals surface area contributed by atoms with Gasteiger partial charge in [-0.1, -0.05) is 18.2 Å². The minimum absolute atomic E-state index is 0.150. The lowest BCUT2D eigenvalue weighted by Crippen LogP contribution is -2.11. The summed E-state index contributed by atoms with van der Waals surface area (Å²) in [5.41, 5.74) is 3.66. The third-order valence-corrected chi connectivity index (χ3v) is 3.10. The van der Waals surface area contributed by atoms with Gasteiger partial charge in [-0.15, -0.1) is 0 Å². The highest BCUT2D eigenvalue weighted by Crippen LogP contribution is 2.23. The van der Waals surface area contributed by atoms with E-state index in [1.165, 1.54) is 0 Å². The maximum Gasteiger partial charge on any atom is 0.311 e. The molecule has 4 nitrogen and oxygen atoms in total. The van der Waals surface area contributed by atoms with E-state index in [0.717, 1.165) is 27.7 Å². The fraction of sp³-hybridized carbons (Fsp3) is 0.267. The summed E-state index contributed by atoms with van der Waals surface area (Å²) in [6.45, 7) is 3.65. The van der Waals surface area contributed by atoms with E-state index >= 15 is 0 Å². The molecule has 2 aromatic rings. The molecule has 1 aromatic carbocycles. The molecule has 1 heterocycles. The summed E-state index contributed by atoms with van der Waals surface area (Å²) in [6.07, 6.45) is 0.150. The summed E-state index contributed by atoms with van der Waals surface area (Å²) in [5.74, 6) is -0.398. The Labute approximate surface area is 111 Å². The van der Waals surface area contributed by atoms with Crippen molar-refractivity contribution in [3.63, 3.8) is 0 Å².